The van der Waals surface area contributed by atoms with E-state index in [1.807, 2.05) is 0 Å². The standard InChI is InChI=1S/C49H88NO8P/c1-3-5-7-9-11-13-15-17-19-21-23-25-27-29-31-33-35-37-39-41-48(51)55-45-47(46-57-59(53,54)56-44-43-50)58-49(52)42-40-38-36-34-32-30-28-26-24-22-20-18-16-14-12-10-8-6-4-2/h5,7,11,13,17,19,23,25,29,31,47H,3-4,6,8-10,12,14-16,18,20-22,24,26-28,30,32-46,50H2,1-2H3,(H,53,54). The number of phosphoric ester groups is 1. The molecule has 2 unspecified atom stereocenters. The summed E-state index contributed by atoms with van der Waals surface area (Å²) in [6, 6.07) is 0. The molecule has 342 valence electrons. The fourth-order valence-corrected chi connectivity index (χ4v) is 7.19. The third kappa shape index (κ3) is 45.1. The summed E-state index contributed by atoms with van der Waals surface area (Å²) in [5, 5.41) is 0. The van der Waals surface area contributed by atoms with Crippen LogP contribution in [0.5, 0.6) is 0 Å². The Morgan fingerprint density at radius 2 is 0.932 bits per heavy atom. The second-order valence-corrected chi connectivity index (χ2v) is 17.1. The lowest BCUT2D eigenvalue weighted by Crippen LogP contribution is -2.29. The first-order valence-electron chi connectivity index (χ1n) is 23.8. The Bertz CT molecular complexity index is 1150. The van der Waals surface area contributed by atoms with Gasteiger partial charge in [-0.15, -0.1) is 0 Å². The Balaban J connectivity index is 4.15. The number of carbonyl (C=O) groups excluding carboxylic acids is 2. The highest BCUT2D eigenvalue weighted by atomic mass is 31.2. The van der Waals surface area contributed by atoms with Gasteiger partial charge >= 0.3 is 19.8 Å². The van der Waals surface area contributed by atoms with Crippen molar-refractivity contribution in [3.05, 3.63) is 60.8 Å². The van der Waals surface area contributed by atoms with Crippen LogP contribution in [-0.4, -0.2) is 49.3 Å². The van der Waals surface area contributed by atoms with Crippen LogP contribution in [0.3, 0.4) is 0 Å². The Morgan fingerprint density at radius 3 is 1.39 bits per heavy atom. The number of phosphoric acid groups is 1. The zero-order valence-electron chi connectivity index (χ0n) is 37.7. The maximum Gasteiger partial charge on any atom is 0.472 e. The Morgan fingerprint density at radius 1 is 0.525 bits per heavy atom. The first-order valence-corrected chi connectivity index (χ1v) is 25.3. The van der Waals surface area contributed by atoms with Gasteiger partial charge in [0.25, 0.3) is 0 Å². The molecule has 2 atom stereocenters. The first-order chi connectivity index (χ1) is 28.8. The average molecular weight is 850 g/mol. The molecule has 0 aliphatic carbocycles. The maximum atomic E-state index is 12.6. The number of carbonyl (C=O) groups is 2. The summed E-state index contributed by atoms with van der Waals surface area (Å²) >= 11 is 0. The summed E-state index contributed by atoms with van der Waals surface area (Å²) < 4.78 is 32.8. The van der Waals surface area contributed by atoms with Crippen LogP contribution in [-0.2, 0) is 32.7 Å². The van der Waals surface area contributed by atoms with Crippen molar-refractivity contribution in [2.45, 2.75) is 213 Å². The average Bonchev–Trinajstić information content (AvgIpc) is 3.22. The lowest BCUT2D eigenvalue weighted by molar-refractivity contribution is -0.161. The highest BCUT2D eigenvalue weighted by Crippen LogP contribution is 2.43. The molecule has 0 radical (unpaired) electrons. The number of allylic oxidation sites excluding steroid dienone is 10. The summed E-state index contributed by atoms with van der Waals surface area (Å²) in [6.07, 6.45) is 54.0. The largest absolute Gasteiger partial charge is 0.472 e. The molecule has 0 rings (SSSR count). The highest BCUT2D eigenvalue weighted by molar-refractivity contribution is 7.47. The van der Waals surface area contributed by atoms with E-state index in [-0.39, 0.29) is 32.6 Å². The number of unbranched alkanes of at least 4 members (excludes halogenated alkanes) is 21. The number of nitrogens with two attached hydrogens (primary N) is 1. The molecule has 0 aliphatic rings. The maximum absolute atomic E-state index is 12.6. The lowest BCUT2D eigenvalue weighted by atomic mass is 10.0. The molecule has 10 heteroatoms. The van der Waals surface area contributed by atoms with E-state index in [2.05, 4.69) is 74.6 Å². The van der Waals surface area contributed by atoms with Crippen molar-refractivity contribution in [3.8, 4) is 0 Å². The molecule has 0 bridgehead atoms. The molecule has 9 nitrogen and oxygen atoms in total. The molecule has 0 spiro atoms. The van der Waals surface area contributed by atoms with Crippen LogP contribution < -0.4 is 5.73 Å². The van der Waals surface area contributed by atoms with Crippen molar-refractivity contribution < 1.29 is 37.6 Å². The van der Waals surface area contributed by atoms with E-state index in [9.17, 15) is 19.0 Å². The second kappa shape index (κ2) is 45.2. The monoisotopic (exact) mass is 850 g/mol. The molecular weight excluding hydrogens is 762 g/mol. The van der Waals surface area contributed by atoms with Gasteiger partial charge in [-0.05, 0) is 57.8 Å². The Kier molecular flexibility index (Phi) is 43.5. The number of hydrogen-bond acceptors (Lipinski definition) is 8. The summed E-state index contributed by atoms with van der Waals surface area (Å²) in [5.74, 6) is -0.862. The lowest BCUT2D eigenvalue weighted by Gasteiger charge is -2.19. The molecule has 0 aromatic carbocycles. The molecule has 0 heterocycles. The van der Waals surface area contributed by atoms with Gasteiger partial charge in [0.2, 0.25) is 0 Å². The van der Waals surface area contributed by atoms with E-state index in [1.165, 1.54) is 96.3 Å². The minimum absolute atomic E-state index is 0.0473. The van der Waals surface area contributed by atoms with Crippen molar-refractivity contribution in [2.75, 3.05) is 26.4 Å². The van der Waals surface area contributed by atoms with Crippen LogP contribution >= 0.6 is 7.82 Å². The molecule has 0 aromatic rings. The van der Waals surface area contributed by atoms with Crippen LogP contribution in [0.25, 0.3) is 0 Å². The molecule has 59 heavy (non-hydrogen) atoms. The van der Waals surface area contributed by atoms with E-state index >= 15 is 0 Å². The highest BCUT2D eigenvalue weighted by Gasteiger charge is 2.26. The van der Waals surface area contributed by atoms with Gasteiger partial charge in [-0.2, -0.15) is 0 Å². The number of rotatable bonds is 44. The van der Waals surface area contributed by atoms with Crippen LogP contribution in [0.15, 0.2) is 60.8 Å². The summed E-state index contributed by atoms with van der Waals surface area (Å²) in [7, 11) is -4.39. The summed E-state index contributed by atoms with van der Waals surface area (Å²) in [4.78, 5) is 35.0. The third-order valence-corrected chi connectivity index (χ3v) is 10.9. The van der Waals surface area contributed by atoms with Gasteiger partial charge in [0, 0.05) is 19.4 Å². The van der Waals surface area contributed by atoms with Crippen molar-refractivity contribution >= 4 is 19.8 Å². The van der Waals surface area contributed by atoms with Crippen molar-refractivity contribution in [3.63, 3.8) is 0 Å². The Hall–Kier alpha value is -2.29. The number of ether oxygens (including phenoxy) is 2. The van der Waals surface area contributed by atoms with Crippen LogP contribution in [0, 0.1) is 0 Å². The van der Waals surface area contributed by atoms with E-state index < -0.39 is 32.5 Å². The SMILES string of the molecule is CCC=CCC=CCC=CCC=CCC=CCCCCCC(=O)OCC(COP(=O)(O)OCCN)OC(=O)CCCCCCCCCCCCCCCCCCCCC. The zero-order valence-corrected chi connectivity index (χ0v) is 38.6. The summed E-state index contributed by atoms with van der Waals surface area (Å²) in [5.41, 5.74) is 5.36. The molecule has 0 saturated carbocycles. The molecule has 0 amide bonds. The predicted octanol–water partition coefficient (Wildman–Crippen LogP) is 14.1. The Labute approximate surface area is 361 Å². The van der Waals surface area contributed by atoms with Crippen LogP contribution in [0.4, 0.5) is 0 Å². The third-order valence-electron chi connectivity index (χ3n) is 9.92. The molecule has 3 N–H and O–H groups in total. The van der Waals surface area contributed by atoms with Crippen LogP contribution in [0.2, 0.25) is 0 Å². The fourth-order valence-electron chi connectivity index (χ4n) is 6.43. The predicted molar refractivity (Wildman–Crippen MR) is 247 cm³/mol. The molecule has 0 saturated heterocycles. The minimum Gasteiger partial charge on any atom is -0.462 e. The van der Waals surface area contributed by atoms with Crippen molar-refractivity contribution in [1.82, 2.24) is 0 Å². The molecule has 0 fully saturated rings. The molecule has 0 aromatic heterocycles. The van der Waals surface area contributed by atoms with E-state index in [0.29, 0.717) is 12.8 Å². The first kappa shape index (κ1) is 56.7. The zero-order chi connectivity index (χ0) is 43.2. The molecule has 0 aliphatic heterocycles. The van der Waals surface area contributed by atoms with Gasteiger partial charge in [-0.3, -0.25) is 18.6 Å². The smallest absolute Gasteiger partial charge is 0.462 e. The van der Waals surface area contributed by atoms with Gasteiger partial charge in [0.05, 0.1) is 13.2 Å². The minimum atomic E-state index is -4.39. The van der Waals surface area contributed by atoms with Gasteiger partial charge in [0.1, 0.15) is 6.61 Å². The van der Waals surface area contributed by atoms with E-state index in [1.54, 1.807) is 0 Å². The van der Waals surface area contributed by atoms with E-state index in [0.717, 1.165) is 70.6 Å². The van der Waals surface area contributed by atoms with Crippen molar-refractivity contribution in [1.29, 1.82) is 0 Å². The molecular formula is C49H88NO8P. The van der Waals surface area contributed by atoms with Crippen LogP contribution in [0.1, 0.15) is 206 Å². The van der Waals surface area contributed by atoms with Crippen molar-refractivity contribution in [2.24, 2.45) is 5.73 Å². The topological polar surface area (TPSA) is 134 Å². The quantitative estimate of drug-likeness (QED) is 0.0266. The van der Waals surface area contributed by atoms with E-state index in [4.69, 9.17) is 24.3 Å². The van der Waals surface area contributed by atoms with Gasteiger partial charge in [-0.1, -0.05) is 197 Å². The number of esters is 2. The van der Waals surface area contributed by atoms with Gasteiger partial charge in [-0.25, -0.2) is 4.57 Å². The van der Waals surface area contributed by atoms with Gasteiger partial charge in [0.15, 0.2) is 6.10 Å². The summed E-state index contributed by atoms with van der Waals surface area (Å²) in [6.45, 7) is 3.60. The van der Waals surface area contributed by atoms with Gasteiger partial charge < -0.3 is 20.1 Å². The number of hydrogen-bond donors (Lipinski definition) is 2. The second-order valence-electron chi connectivity index (χ2n) is 15.6. The normalized spacial score (nSPS) is 13.8. The fraction of sp³-hybridized carbons (Fsp3) is 0.755.